The van der Waals surface area contributed by atoms with E-state index in [0.717, 1.165) is 36.6 Å². The Hall–Kier alpha value is -1.26. The first-order valence-electron chi connectivity index (χ1n) is 6.38. The predicted octanol–water partition coefficient (Wildman–Crippen LogP) is 1.94. The second kappa shape index (κ2) is 5.59. The lowest BCUT2D eigenvalue weighted by molar-refractivity contribution is 0.193. The third-order valence-electron chi connectivity index (χ3n) is 3.55. The highest BCUT2D eigenvalue weighted by atomic mass is 16.5. The van der Waals surface area contributed by atoms with Crippen LogP contribution in [0.1, 0.15) is 24.9 Å². The summed E-state index contributed by atoms with van der Waals surface area (Å²) in [6.45, 7) is 3.61. The van der Waals surface area contributed by atoms with Crippen LogP contribution < -0.4 is 15.4 Å². The predicted molar refractivity (Wildman–Crippen MR) is 73.2 cm³/mol. The molecular formula is C14H22N2O2. The zero-order valence-corrected chi connectivity index (χ0v) is 11.3. The van der Waals surface area contributed by atoms with Gasteiger partial charge in [-0.3, -0.25) is 0 Å². The fourth-order valence-corrected chi connectivity index (χ4v) is 2.50. The number of nitrogens with two attached hydrogens (primary N) is 1. The first-order valence-corrected chi connectivity index (χ1v) is 6.38. The Bertz CT molecular complexity index is 401. The summed E-state index contributed by atoms with van der Waals surface area (Å²) in [5.41, 5.74) is 8.29. The highest BCUT2D eigenvalue weighted by molar-refractivity contribution is 5.61. The van der Waals surface area contributed by atoms with Crippen LogP contribution in [0.4, 0.5) is 5.69 Å². The summed E-state index contributed by atoms with van der Waals surface area (Å²) >= 11 is 0. The lowest BCUT2D eigenvalue weighted by Crippen LogP contribution is -2.33. The number of nitrogens with zero attached hydrogens (tertiary/aromatic N) is 1. The zero-order valence-electron chi connectivity index (χ0n) is 11.3. The van der Waals surface area contributed by atoms with E-state index in [-0.39, 0.29) is 6.04 Å². The van der Waals surface area contributed by atoms with E-state index < -0.39 is 0 Å². The molecule has 0 radical (unpaired) electrons. The minimum absolute atomic E-state index is 0.0547. The molecule has 1 heterocycles. The number of anilines is 1. The lowest BCUT2D eigenvalue weighted by atomic mass is 10.0. The van der Waals surface area contributed by atoms with E-state index in [1.807, 2.05) is 19.1 Å². The summed E-state index contributed by atoms with van der Waals surface area (Å²) < 4.78 is 10.9. The Kier molecular flexibility index (Phi) is 4.09. The first kappa shape index (κ1) is 13.2. The second-order valence-corrected chi connectivity index (χ2v) is 4.81. The highest BCUT2D eigenvalue weighted by Crippen LogP contribution is 2.34. The normalized spacial score (nSPS) is 20.8. The maximum Gasteiger partial charge on any atom is 0.125 e. The molecule has 2 N–H and O–H groups in total. The molecule has 0 spiro atoms. The number of ether oxygens (including phenoxy) is 2. The van der Waals surface area contributed by atoms with Gasteiger partial charge < -0.3 is 20.1 Å². The summed E-state index contributed by atoms with van der Waals surface area (Å²) in [7, 11) is 3.78. The molecule has 0 amide bonds. The van der Waals surface area contributed by atoms with Crippen LogP contribution in [0, 0.1) is 0 Å². The van der Waals surface area contributed by atoms with Crippen LogP contribution in [0.3, 0.4) is 0 Å². The molecule has 1 fully saturated rings. The van der Waals surface area contributed by atoms with Gasteiger partial charge in [-0.15, -0.1) is 0 Å². The van der Waals surface area contributed by atoms with Crippen molar-refractivity contribution in [2.24, 2.45) is 5.73 Å². The average molecular weight is 250 g/mol. The molecule has 100 valence electrons. The van der Waals surface area contributed by atoms with Crippen molar-refractivity contribution in [2.45, 2.75) is 25.4 Å². The van der Waals surface area contributed by atoms with Gasteiger partial charge in [-0.1, -0.05) is 6.07 Å². The van der Waals surface area contributed by atoms with Crippen LogP contribution in [0.25, 0.3) is 0 Å². The van der Waals surface area contributed by atoms with Gasteiger partial charge in [0.15, 0.2) is 0 Å². The molecule has 1 aliphatic heterocycles. The average Bonchev–Trinajstić information content (AvgIpc) is 2.90. The smallest absolute Gasteiger partial charge is 0.125 e. The molecule has 0 aliphatic carbocycles. The second-order valence-electron chi connectivity index (χ2n) is 4.81. The van der Waals surface area contributed by atoms with Gasteiger partial charge in [-0.25, -0.2) is 0 Å². The number of hydrogen-bond acceptors (Lipinski definition) is 4. The van der Waals surface area contributed by atoms with Gasteiger partial charge in [-0.2, -0.15) is 0 Å². The quantitative estimate of drug-likeness (QED) is 0.887. The van der Waals surface area contributed by atoms with Crippen molar-refractivity contribution in [2.75, 3.05) is 32.3 Å². The third kappa shape index (κ3) is 2.44. The molecule has 18 heavy (non-hydrogen) atoms. The van der Waals surface area contributed by atoms with Crippen LogP contribution >= 0.6 is 0 Å². The molecule has 0 saturated carbocycles. The molecule has 4 heteroatoms. The topological polar surface area (TPSA) is 47.7 Å². The molecule has 4 nitrogen and oxygen atoms in total. The molecule has 0 aromatic heterocycles. The fraction of sp³-hybridized carbons (Fsp3) is 0.571. The van der Waals surface area contributed by atoms with Crippen molar-refractivity contribution in [3.8, 4) is 5.75 Å². The maximum absolute atomic E-state index is 6.09. The van der Waals surface area contributed by atoms with E-state index >= 15 is 0 Å². The minimum Gasteiger partial charge on any atom is -0.496 e. The van der Waals surface area contributed by atoms with E-state index in [1.54, 1.807) is 7.11 Å². The van der Waals surface area contributed by atoms with Crippen LogP contribution in [0.5, 0.6) is 5.75 Å². The monoisotopic (exact) mass is 250 g/mol. The number of benzene rings is 1. The molecule has 0 bridgehead atoms. The van der Waals surface area contributed by atoms with Gasteiger partial charge in [0.05, 0.1) is 19.8 Å². The Morgan fingerprint density at radius 2 is 2.28 bits per heavy atom. The van der Waals surface area contributed by atoms with Crippen molar-refractivity contribution < 1.29 is 9.47 Å². The van der Waals surface area contributed by atoms with Gasteiger partial charge in [0.1, 0.15) is 5.75 Å². The number of methoxy groups -OCH3 is 1. The number of rotatable bonds is 4. The van der Waals surface area contributed by atoms with Gasteiger partial charge in [0, 0.05) is 30.9 Å². The summed E-state index contributed by atoms with van der Waals surface area (Å²) in [5, 5.41) is 0. The SMILES string of the molecule is COc1cccc(N(C)C2CCOC2)c1[C@@H](C)N. The summed E-state index contributed by atoms with van der Waals surface area (Å²) in [5.74, 6) is 0.855. The maximum atomic E-state index is 6.09. The van der Waals surface area contributed by atoms with E-state index in [9.17, 15) is 0 Å². The van der Waals surface area contributed by atoms with Crippen LogP contribution in [-0.2, 0) is 4.74 Å². The summed E-state index contributed by atoms with van der Waals surface area (Å²) in [6, 6.07) is 6.43. The van der Waals surface area contributed by atoms with E-state index in [2.05, 4.69) is 18.0 Å². The largest absolute Gasteiger partial charge is 0.496 e. The van der Waals surface area contributed by atoms with Crippen molar-refractivity contribution >= 4 is 5.69 Å². The van der Waals surface area contributed by atoms with E-state index in [1.165, 1.54) is 0 Å². The van der Waals surface area contributed by atoms with Crippen LogP contribution in [0.2, 0.25) is 0 Å². The molecular weight excluding hydrogens is 228 g/mol. The van der Waals surface area contributed by atoms with Crippen molar-refractivity contribution in [3.63, 3.8) is 0 Å². The molecule has 2 atom stereocenters. The van der Waals surface area contributed by atoms with Gasteiger partial charge in [0.25, 0.3) is 0 Å². The highest BCUT2D eigenvalue weighted by Gasteiger charge is 2.24. The van der Waals surface area contributed by atoms with Crippen LogP contribution in [0.15, 0.2) is 18.2 Å². The molecule has 1 unspecified atom stereocenters. The Balaban J connectivity index is 2.36. The standard InChI is InChI=1S/C14H22N2O2/c1-10(15)14-12(5-4-6-13(14)17-3)16(2)11-7-8-18-9-11/h4-6,10-11H,7-9,15H2,1-3H3/t10-,11?/m1/s1. The number of likely N-dealkylation sites (N-methyl/N-ethyl adjacent to an activating group) is 1. The lowest BCUT2D eigenvalue weighted by Gasteiger charge is -2.29. The number of hydrogen-bond donors (Lipinski definition) is 1. The van der Waals surface area contributed by atoms with Gasteiger partial charge >= 0.3 is 0 Å². The zero-order chi connectivity index (χ0) is 13.1. The summed E-state index contributed by atoms with van der Waals surface area (Å²) in [6.07, 6.45) is 1.06. The fourth-order valence-electron chi connectivity index (χ4n) is 2.50. The molecule has 2 rings (SSSR count). The van der Waals surface area contributed by atoms with Gasteiger partial charge in [0.2, 0.25) is 0 Å². The molecule has 1 aromatic carbocycles. The Morgan fingerprint density at radius 1 is 1.50 bits per heavy atom. The van der Waals surface area contributed by atoms with Crippen molar-refractivity contribution in [1.29, 1.82) is 0 Å². The molecule has 1 aromatic rings. The molecule has 1 aliphatic rings. The van der Waals surface area contributed by atoms with Gasteiger partial charge in [-0.05, 0) is 25.5 Å². The third-order valence-corrected chi connectivity index (χ3v) is 3.55. The summed E-state index contributed by atoms with van der Waals surface area (Å²) in [4.78, 5) is 2.26. The van der Waals surface area contributed by atoms with Crippen LogP contribution in [-0.4, -0.2) is 33.4 Å². The Labute approximate surface area is 109 Å². The van der Waals surface area contributed by atoms with Crippen molar-refractivity contribution in [1.82, 2.24) is 0 Å². The molecule has 1 saturated heterocycles. The first-order chi connectivity index (χ1) is 8.65. The van der Waals surface area contributed by atoms with E-state index in [4.69, 9.17) is 15.2 Å². The minimum atomic E-state index is -0.0547. The van der Waals surface area contributed by atoms with E-state index in [0.29, 0.717) is 6.04 Å². The Morgan fingerprint density at radius 3 is 2.83 bits per heavy atom. The van der Waals surface area contributed by atoms with Crippen molar-refractivity contribution in [3.05, 3.63) is 23.8 Å².